The average molecular weight is 355 g/mol. The summed E-state index contributed by atoms with van der Waals surface area (Å²) in [6.07, 6.45) is 4.74. The Labute approximate surface area is 135 Å². The number of amides is 1. The smallest absolute Gasteiger partial charge is 0.255 e. The predicted molar refractivity (Wildman–Crippen MR) is 87.9 cm³/mol. The van der Waals surface area contributed by atoms with E-state index in [0.29, 0.717) is 17.9 Å². The highest BCUT2D eigenvalue weighted by Gasteiger charge is 2.36. The van der Waals surface area contributed by atoms with Gasteiger partial charge in [-0.05, 0) is 45.1 Å². The molecular formula is C16H23BrN2O2. The van der Waals surface area contributed by atoms with Crippen LogP contribution in [0.3, 0.4) is 0 Å². The maximum absolute atomic E-state index is 12.4. The average Bonchev–Trinajstić information content (AvgIpc) is 2.94. The number of ether oxygens (including phenoxy) is 1. The second kappa shape index (κ2) is 6.79. The van der Waals surface area contributed by atoms with Gasteiger partial charge in [0.15, 0.2) is 0 Å². The van der Waals surface area contributed by atoms with Crippen LogP contribution in [0.2, 0.25) is 0 Å². The molecule has 1 aromatic carbocycles. The largest absolute Gasteiger partial charge is 0.496 e. The molecule has 0 aliphatic heterocycles. The first-order chi connectivity index (χ1) is 9.98. The van der Waals surface area contributed by atoms with Crippen LogP contribution in [0.5, 0.6) is 5.75 Å². The number of hydrogen-bond acceptors (Lipinski definition) is 3. The Morgan fingerprint density at radius 2 is 2.05 bits per heavy atom. The van der Waals surface area contributed by atoms with Gasteiger partial charge in [-0.1, -0.05) is 28.8 Å². The number of nitrogens with one attached hydrogen (secondary N) is 1. The third-order valence-electron chi connectivity index (χ3n) is 4.47. The Balaban J connectivity index is 2.08. The van der Waals surface area contributed by atoms with Crippen molar-refractivity contribution in [1.82, 2.24) is 10.2 Å². The molecule has 1 saturated carbocycles. The van der Waals surface area contributed by atoms with Crippen LogP contribution in [0.1, 0.15) is 36.0 Å². The lowest BCUT2D eigenvalue weighted by Crippen LogP contribution is -2.50. The molecule has 1 amide bonds. The van der Waals surface area contributed by atoms with E-state index < -0.39 is 0 Å². The van der Waals surface area contributed by atoms with E-state index in [1.54, 1.807) is 13.2 Å². The molecule has 0 spiro atoms. The van der Waals surface area contributed by atoms with Crippen molar-refractivity contribution in [1.29, 1.82) is 0 Å². The lowest BCUT2D eigenvalue weighted by atomic mass is 9.96. The second-order valence-corrected chi connectivity index (χ2v) is 6.77. The molecule has 0 aromatic heterocycles. The van der Waals surface area contributed by atoms with Crippen LogP contribution in [-0.4, -0.2) is 44.1 Å². The molecule has 0 atom stereocenters. The van der Waals surface area contributed by atoms with Gasteiger partial charge in [-0.2, -0.15) is 0 Å². The van der Waals surface area contributed by atoms with Crippen molar-refractivity contribution >= 4 is 21.8 Å². The molecule has 1 N–H and O–H groups in total. The van der Waals surface area contributed by atoms with Crippen molar-refractivity contribution in [2.75, 3.05) is 27.7 Å². The number of nitrogens with zero attached hydrogens (tertiary/aromatic N) is 1. The number of rotatable bonds is 5. The van der Waals surface area contributed by atoms with E-state index in [1.165, 1.54) is 12.8 Å². The topological polar surface area (TPSA) is 41.6 Å². The predicted octanol–water partition coefficient (Wildman–Crippen LogP) is 3.06. The number of benzene rings is 1. The zero-order chi connectivity index (χ0) is 15.5. The Bertz CT molecular complexity index is 511. The summed E-state index contributed by atoms with van der Waals surface area (Å²) in [6, 6.07) is 5.45. The highest BCUT2D eigenvalue weighted by Crippen LogP contribution is 2.33. The van der Waals surface area contributed by atoms with Crippen LogP contribution >= 0.6 is 15.9 Å². The maximum atomic E-state index is 12.4. The Hall–Kier alpha value is -1.07. The molecule has 116 valence electrons. The van der Waals surface area contributed by atoms with E-state index in [1.807, 2.05) is 12.1 Å². The van der Waals surface area contributed by atoms with Crippen LogP contribution in [-0.2, 0) is 0 Å². The highest BCUT2D eigenvalue weighted by molar-refractivity contribution is 9.10. The fourth-order valence-corrected chi connectivity index (χ4v) is 3.35. The maximum Gasteiger partial charge on any atom is 0.255 e. The van der Waals surface area contributed by atoms with Crippen LogP contribution < -0.4 is 10.1 Å². The zero-order valence-corrected chi connectivity index (χ0v) is 14.5. The van der Waals surface area contributed by atoms with Crippen molar-refractivity contribution in [2.45, 2.75) is 31.2 Å². The fraction of sp³-hybridized carbons (Fsp3) is 0.562. The molecule has 0 radical (unpaired) electrons. The third kappa shape index (κ3) is 3.58. The summed E-state index contributed by atoms with van der Waals surface area (Å²) in [6.45, 7) is 0.679. The molecule has 0 unspecified atom stereocenters. The molecule has 2 rings (SSSR count). The summed E-state index contributed by atoms with van der Waals surface area (Å²) in [5, 5.41) is 3.08. The standard InChI is InChI=1S/C16H23BrN2O2/c1-19(2)16(8-4-5-9-16)11-18-15(20)13-7-6-12(17)10-14(13)21-3/h6-7,10H,4-5,8-9,11H2,1-3H3,(H,18,20). The van der Waals surface area contributed by atoms with Gasteiger partial charge in [-0.15, -0.1) is 0 Å². The van der Waals surface area contributed by atoms with Gasteiger partial charge in [-0.25, -0.2) is 0 Å². The van der Waals surface area contributed by atoms with Crippen LogP contribution in [0.15, 0.2) is 22.7 Å². The minimum atomic E-state index is -0.0764. The number of hydrogen-bond donors (Lipinski definition) is 1. The molecule has 0 bridgehead atoms. The van der Waals surface area contributed by atoms with Gasteiger partial charge < -0.3 is 15.0 Å². The number of carbonyl (C=O) groups is 1. The zero-order valence-electron chi connectivity index (χ0n) is 12.9. The molecule has 1 aromatic rings. The first kappa shape index (κ1) is 16.3. The van der Waals surface area contributed by atoms with Crippen LogP contribution in [0.4, 0.5) is 0 Å². The number of methoxy groups -OCH3 is 1. The first-order valence-corrected chi connectivity index (χ1v) is 8.07. The van der Waals surface area contributed by atoms with Crippen LogP contribution in [0, 0.1) is 0 Å². The molecule has 0 heterocycles. The van der Waals surface area contributed by atoms with Crippen molar-refractivity contribution in [3.8, 4) is 5.75 Å². The minimum absolute atomic E-state index is 0.0764. The van der Waals surface area contributed by atoms with Gasteiger partial charge in [0.2, 0.25) is 0 Å². The van der Waals surface area contributed by atoms with Crippen molar-refractivity contribution < 1.29 is 9.53 Å². The summed E-state index contributed by atoms with van der Waals surface area (Å²) in [5.74, 6) is 0.514. The van der Waals surface area contributed by atoms with E-state index >= 15 is 0 Å². The highest BCUT2D eigenvalue weighted by atomic mass is 79.9. The summed E-state index contributed by atoms with van der Waals surface area (Å²) < 4.78 is 6.19. The number of carbonyl (C=O) groups excluding carboxylic acids is 1. The molecule has 1 aliphatic rings. The summed E-state index contributed by atoms with van der Waals surface area (Å²) in [5.41, 5.74) is 0.672. The van der Waals surface area contributed by atoms with Gasteiger partial charge in [0.05, 0.1) is 12.7 Å². The Morgan fingerprint density at radius 3 is 2.62 bits per heavy atom. The van der Waals surface area contributed by atoms with E-state index in [0.717, 1.165) is 17.3 Å². The van der Waals surface area contributed by atoms with Gasteiger partial charge in [-0.3, -0.25) is 4.79 Å². The van der Waals surface area contributed by atoms with Crippen LogP contribution in [0.25, 0.3) is 0 Å². The van der Waals surface area contributed by atoms with Gasteiger partial charge in [0, 0.05) is 16.6 Å². The van der Waals surface area contributed by atoms with E-state index in [2.05, 4.69) is 40.2 Å². The minimum Gasteiger partial charge on any atom is -0.496 e. The Kier molecular flexibility index (Phi) is 5.27. The van der Waals surface area contributed by atoms with Crippen molar-refractivity contribution in [2.24, 2.45) is 0 Å². The van der Waals surface area contributed by atoms with E-state index in [-0.39, 0.29) is 11.4 Å². The van der Waals surface area contributed by atoms with E-state index in [4.69, 9.17) is 4.74 Å². The molecule has 21 heavy (non-hydrogen) atoms. The molecule has 1 fully saturated rings. The molecule has 5 heteroatoms. The third-order valence-corrected chi connectivity index (χ3v) is 4.96. The molecule has 0 saturated heterocycles. The lowest BCUT2D eigenvalue weighted by Gasteiger charge is -2.36. The SMILES string of the molecule is COc1cc(Br)ccc1C(=O)NCC1(N(C)C)CCCC1. The van der Waals surface area contributed by atoms with Gasteiger partial charge >= 0.3 is 0 Å². The molecule has 4 nitrogen and oxygen atoms in total. The molecular weight excluding hydrogens is 332 g/mol. The molecule has 1 aliphatic carbocycles. The van der Waals surface area contributed by atoms with Gasteiger partial charge in [0.1, 0.15) is 5.75 Å². The first-order valence-electron chi connectivity index (χ1n) is 7.28. The number of halogens is 1. The van der Waals surface area contributed by atoms with Crippen molar-refractivity contribution in [3.63, 3.8) is 0 Å². The van der Waals surface area contributed by atoms with E-state index in [9.17, 15) is 4.79 Å². The van der Waals surface area contributed by atoms with Gasteiger partial charge in [0.25, 0.3) is 5.91 Å². The normalized spacial score (nSPS) is 17.0. The summed E-state index contributed by atoms with van der Waals surface area (Å²) in [7, 11) is 5.77. The number of likely N-dealkylation sites (N-methyl/N-ethyl adjacent to an activating group) is 1. The summed E-state index contributed by atoms with van der Waals surface area (Å²) in [4.78, 5) is 14.7. The van der Waals surface area contributed by atoms with Crippen molar-refractivity contribution in [3.05, 3.63) is 28.2 Å². The Morgan fingerprint density at radius 1 is 1.38 bits per heavy atom. The second-order valence-electron chi connectivity index (χ2n) is 5.85. The quantitative estimate of drug-likeness (QED) is 0.883. The lowest BCUT2D eigenvalue weighted by molar-refractivity contribution is 0.0897. The fourth-order valence-electron chi connectivity index (χ4n) is 3.01. The summed E-state index contributed by atoms with van der Waals surface area (Å²) >= 11 is 3.39. The monoisotopic (exact) mass is 354 g/mol.